The molecule has 2 saturated heterocycles. The van der Waals surface area contributed by atoms with Crippen LogP contribution in [0.5, 0.6) is 0 Å². The highest BCUT2D eigenvalue weighted by molar-refractivity contribution is 7.86. The highest BCUT2D eigenvalue weighted by Crippen LogP contribution is 2.33. The molecule has 1 aromatic rings. The molecule has 0 amide bonds. The van der Waals surface area contributed by atoms with E-state index in [4.69, 9.17) is 27.9 Å². The van der Waals surface area contributed by atoms with Crippen LogP contribution in [0.25, 0.3) is 0 Å². The van der Waals surface area contributed by atoms with E-state index in [1.54, 1.807) is 19.1 Å². The van der Waals surface area contributed by atoms with Crippen molar-refractivity contribution in [2.45, 2.75) is 62.7 Å². The van der Waals surface area contributed by atoms with Gasteiger partial charge in [-0.1, -0.05) is 17.7 Å². The van der Waals surface area contributed by atoms with E-state index in [-0.39, 0.29) is 11.5 Å². The van der Waals surface area contributed by atoms with Gasteiger partial charge in [0.2, 0.25) is 0 Å². The van der Waals surface area contributed by atoms with Gasteiger partial charge in [-0.05, 0) is 26.0 Å². The molecule has 0 radical (unpaired) electrons. The molecular weight excluding hydrogens is 392 g/mol. The molecule has 1 unspecified atom stereocenters. The van der Waals surface area contributed by atoms with Crippen LogP contribution in [0.15, 0.2) is 29.2 Å². The Bertz CT molecular complexity index is 792. The molecule has 0 aliphatic carbocycles. The second-order valence-corrected chi connectivity index (χ2v) is 8.25. The number of aryl methyl sites for hydroxylation is 1. The van der Waals surface area contributed by atoms with Gasteiger partial charge in [-0.15, -0.1) is 0 Å². The summed E-state index contributed by atoms with van der Waals surface area (Å²) < 4.78 is 58.5. The summed E-state index contributed by atoms with van der Waals surface area (Å²) >= 11 is 0. The highest BCUT2D eigenvalue weighted by Gasteiger charge is 2.53. The predicted octanol–water partition coefficient (Wildman–Crippen LogP) is 1.13. The van der Waals surface area contributed by atoms with E-state index < -0.39 is 53.1 Å². The summed E-state index contributed by atoms with van der Waals surface area (Å²) in [4.78, 5) is 11.7. The van der Waals surface area contributed by atoms with Gasteiger partial charge in [0.25, 0.3) is 10.1 Å². The minimum absolute atomic E-state index is 0.0297. The van der Waals surface area contributed by atoms with Crippen LogP contribution in [0, 0.1) is 6.92 Å². The molecule has 0 spiro atoms. The maximum atomic E-state index is 12.8. The minimum atomic E-state index is -4.18. The third-order valence-electron chi connectivity index (χ3n) is 4.52. The first-order chi connectivity index (χ1) is 13.2. The van der Waals surface area contributed by atoms with Crippen molar-refractivity contribution >= 4 is 16.1 Å². The van der Waals surface area contributed by atoms with Crippen molar-refractivity contribution in [3.63, 3.8) is 0 Å². The number of hydrogen-bond donors (Lipinski definition) is 0. The summed E-state index contributed by atoms with van der Waals surface area (Å²) in [7, 11) is -2.83. The van der Waals surface area contributed by atoms with Crippen molar-refractivity contribution in [3.8, 4) is 0 Å². The van der Waals surface area contributed by atoms with Crippen LogP contribution in [0.3, 0.4) is 0 Å². The third-order valence-corrected chi connectivity index (χ3v) is 5.84. The van der Waals surface area contributed by atoms with Crippen LogP contribution in [0.1, 0.15) is 19.4 Å². The maximum absolute atomic E-state index is 12.8. The first kappa shape index (κ1) is 21.2. The number of fused-ring (bicyclic) bond motifs is 1. The van der Waals surface area contributed by atoms with Gasteiger partial charge in [-0.25, -0.2) is 0 Å². The fraction of sp³-hybridized carbons (Fsp3) is 0.611. The quantitative estimate of drug-likeness (QED) is 0.516. The van der Waals surface area contributed by atoms with Gasteiger partial charge in [-0.3, -0.25) is 8.98 Å². The number of carbonyl (C=O) groups is 1. The van der Waals surface area contributed by atoms with Crippen molar-refractivity contribution < 1.29 is 41.1 Å². The minimum Gasteiger partial charge on any atom is -0.457 e. The summed E-state index contributed by atoms with van der Waals surface area (Å²) in [6.07, 6.45) is -5.37. The van der Waals surface area contributed by atoms with E-state index >= 15 is 0 Å². The van der Waals surface area contributed by atoms with E-state index in [2.05, 4.69) is 0 Å². The Balaban J connectivity index is 1.92. The molecule has 3 rings (SSSR count). The number of ether oxygens (including phenoxy) is 5. The molecule has 0 bridgehead atoms. The van der Waals surface area contributed by atoms with Crippen molar-refractivity contribution in [3.05, 3.63) is 29.8 Å². The highest BCUT2D eigenvalue weighted by atomic mass is 32.2. The summed E-state index contributed by atoms with van der Waals surface area (Å²) in [6.45, 7) is 4.93. The second-order valence-electron chi connectivity index (χ2n) is 6.68. The fourth-order valence-electron chi connectivity index (χ4n) is 3.19. The van der Waals surface area contributed by atoms with Gasteiger partial charge < -0.3 is 23.7 Å². The van der Waals surface area contributed by atoms with Gasteiger partial charge in [-0.2, -0.15) is 8.42 Å². The largest absolute Gasteiger partial charge is 0.457 e. The standard InChI is InChI=1S/C18H24O9S/c1-10-5-7-13(8-6-10)28(20,21)27-17-16(24-11(2)19)15-14(26-18(17)22-4)9-23-12(3)25-15/h5-8,12,14-18H,9H2,1-4H3/t12?,14-,15-,16+,17-,18+/m1/s1. The number of esters is 1. The van der Waals surface area contributed by atoms with E-state index in [1.165, 1.54) is 26.2 Å². The lowest BCUT2D eigenvalue weighted by Gasteiger charge is -2.47. The van der Waals surface area contributed by atoms with Crippen molar-refractivity contribution in [1.82, 2.24) is 0 Å². The molecule has 2 aliphatic heterocycles. The third kappa shape index (κ3) is 4.53. The Labute approximate surface area is 163 Å². The Morgan fingerprint density at radius 1 is 1.14 bits per heavy atom. The lowest BCUT2D eigenvalue weighted by Crippen LogP contribution is -2.64. The van der Waals surface area contributed by atoms with Crippen LogP contribution >= 0.6 is 0 Å². The number of hydrogen-bond acceptors (Lipinski definition) is 9. The monoisotopic (exact) mass is 416 g/mol. The van der Waals surface area contributed by atoms with Crippen molar-refractivity contribution in [2.75, 3.05) is 13.7 Å². The molecule has 9 nitrogen and oxygen atoms in total. The number of benzene rings is 1. The summed E-state index contributed by atoms with van der Waals surface area (Å²) in [5.41, 5.74) is 0.903. The SMILES string of the molecule is CO[C@H]1O[C@@H]2COC(C)O[C@H]2[C@H](OC(C)=O)[C@H]1OS(=O)(=O)c1ccc(C)cc1. The van der Waals surface area contributed by atoms with Crippen LogP contribution in [0.2, 0.25) is 0 Å². The van der Waals surface area contributed by atoms with E-state index in [0.717, 1.165) is 5.56 Å². The van der Waals surface area contributed by atoms with Crippen molar-refractivity contribution in [1.29, 1.82) is 0 Å². The van der Waals surface area contributed by atoms with E-state index in [1.807, 2.05) is 6.92 Å². The zero-order chi connectivity index (χ0) is 20.5. The normalized spacial score (nSPS) is 33.1. The Morgan fingerprint density at radius 2 is 1.82 bits per heavy atom. The van der Waals surface area contributed by atoms with Crippen molar-refractivity contribution in [2.24, 2.45) is 0 Å². The fourth-order valence-corrected chi connectivity index (χ4v) is 4.27. The van der Waals surface area contributed by atoms with Crippen LogP contribution in [-0.4, -0.2) is 65.1 Å². The van der Waals surface area contributed by atoms with Crippen LogP contribution in [-0.2, 0) is 42.8 Å². The Morgan fingerprint density at radius 3 is 2.43 bits per heavy atom. The summed E-state index contributed by atoms with van der Waals surface area (Å²) in [5.74, 6) is -0.607. The molecule has 156 valence electrons. The summed E-state index contributed by atoms with van der Waals surface area (Å²) in [5, 5.41) is 0. The molecule has 0 N–H and O–H groups in total. The van der Waals surface area contributed by atoms with Gasteiger partial charge in [0, 0.05) is 14.0 Å². The molecule has 2 heterocycles. The number of methoxy groups -OCH3 is 1. The average Bonchev–Trinajstić information content (AvgIpc) is 2.63. The lowest BCUT2D eigenvalue weighted by molar-refractivity contribution is -0.349. The van der Waals surface area contributed by atoms with Gasteiger partial charge in [0.05, 0.1) is 11.5 Å². The Hall–Kier alpha value is -1.56. The molecule has 6 atom stereocenters. The first-order valence-corrected chi connectivity index (χ1v) is 10.2. The molecular formula is C18H24O9S. The molecule has 0 saturated carbocycles. The zero-order valence-corrected chi connectivity index (χ0v) is 16.9. The van der Waals surface area contributed by atoms with Gasteiger partial charge in [0.15, 0.2) is 24.8 Å². The molecule has 0 aromatic heterocycles. The molecule has 2 fully saturated rings. The molecule has 28 heavy (non-hydrogen) atoms. The number of rotatable bonds is 5. The van der Waals surface area contributed by atoms with E-state index in [9.17, 15) is 13.2 Å². The van der Waals surface area contributed by atoms with Crippen LogP contribution in [0.4, 0.5) is 0 Å². The summed E-state index contributed by atoms with van der Waals surface area (Å²) in [6, 6.07) is 6.19. The van der Waals surface area contributed by atoms with Crippen LogP contribution < -0.4 is 0 Å². The average molecular weight is 416 g/mol. The van der Waals surface area contributed by atoms with E-state index in [0.29, 0.717) is 0 Å². The second kappa shape index (κ2) is 8.44. The zero-order valence-electron chi connectivity index (χ0n) is 16.1. The molecule has 10 heteroatoms. The topological polar surface area (TPSA) is 107 Å². The molecule has 1 aromatic carbocycles. The predicted molar refractivity (Wildman–Crippen MR) is 94.7 cm³/mol. The number of carbonyl (C=O) groups excluding carboxylic acids is 1. The lowest BCUT2D eigenvalue weighted by atomic mass is 9.98. The maximum Gasteiger partial charge on any atom is 0.303 e. The molecule has 2 aliphatic rings. The Kier molecular flexibility index (Phi) is 6.37. The van der Waals surface area contributed by atoms with Gasteiger partial charge >= 0.3 is 5.97 Å². The first-order valence-electron chi connectivity index (χ1n) is 8.84. The smallest absolute Gasteiger partial charge is 0.303 e. The van der Waals surface area contributed by atoms with Gasteiger partial charge in [0.1, 0.15) is 12.2 Å².